The number of allylic oxidation sites excluding steroid dienone is 12. The van der Waals surface area contributed by atoms with Gasteiger partial charge in [0.05, 0.1) is 19.8 Å². The van der Waals surface area contributed by atoms with Gasteiger partial charge in [-0.1, -0.05) is 184 Å². The minimum Gasteiger partial charge on any atom is -0.462 e. The lowest BCUT2D eigenvalue weighted by atomic mass is 10.1. The number of carbonyl (C=O) groups excluding carboxylic acids is 3. The number of phosphoric ester groups is 1. The normalized spacial score (nSPS) is 14.0. The number of unbranched alkanes of at least 4 members (excludes halogenated alkanes) is 22. The van der Waals surface area contributed by atoms with E-state index in [9.17, 15) is 28.9 Å². The summed E-state index contributed by atoms with van der Waals surface area (Å²) < 4.78 is 39.4. The molecule has 0 saturated carbocycles. The summed E-state index contributed by atoms with van der Waals surface area (Å²) in [6, 6.07) is 0. The molecule has 2 N–H and O–H groups in total. The first-order valence-electron chi connectivity index (χ1n) is 27.8. The summed E-state index contributed by atoms with van der Waals surface area (Å²) in [7, 11) is -4.76. The van der Waals surface area contributed by atoms with Gasteiger partial charge in [-0.25, -0.2) is 4.57 Å². The predicted molar refractivity (Wildman–Crippen MR) is 288 cm³/mol. The number of hydrogen-bond donors (Lipinski definition) is 2. The summed E-state index contributed by atoms with van der Waals surface area (Å²) in [4.78, 5) is 48.4. The van der Waals surface area contributed by atoms with Crippen LogP contribution in [0.15, 0.2) is 72.9 Å². The molecule has 0 heterocycles. The molecule has 3 atom stereocenters. The number of aliphatic hydroxyl groups excluding tert-OH is 1. The quantitative estimate of drug-likeness (QED) is 0.0197. The molecule has 3 unspecified atom stereocenters. The molecule has 404 valence electrons. The lowest BCUT2D eigenvalue weighted by molar-refractivity contribution is -0.161. The van der Waals surface area contributed by atoms with Crippen LogP contribution in [0.2, 0.25) is 0 Å². The first-order chi connectivity index (χ1) is 34.2. The molecule has 0 saturated heterocycles. The lowest BCUT2D eigenvalue weighted by Gasteiger charge is -2.21. The van der Waals surface area contributed by atoms with E-state index < -0.39 is 57.8 Å². The largest absolute Gasteiger partial charge is 0.472 e. The number of hydrogen-bond acceptors (Lipinski definition) is 10. The zero-order valence-corrected chi connectivity index (χ0v) is 45.4. The van der Waals surface area contributed by atoms with Crippen LogP contribution in [-0.2, 0) is 42.2 Å². The van der Waals surface area contributed by atoms with Crippen LogP contribution in [-0.4, -0.2) is 66.5 Å². The van der Waals surface area contributed by atoms with E-state index >= 15 is 0 Å². The van der Waals surface area contributed by atoms with E-state index in [0.717, 1.165) is 135 Å². The van der Waals surface area contributed by atoms with Gasteiger partial charge in [-0.05, 0) is 109 Å². The van der Waals surface area contributed by atoms with E-state index in [4.69, 9.17) is 23.3 Å². The highest BCUT2D eigenvalue weighted by molar-refractivity contribution is 7.47. The first-order valence-corrected chi connectivity index (χ1v) is 29.3. The Balaban J connectivity index is 4.76. The van der Waals surface area contributed by atoms with Crippen LogP contribution in [0.5, 0.6) is 0 Å². The Morgan fingerprint density at radius 2 is 0.743 bits per heavy atom. The number of esters is 3. The van der Waals surface area contributed by atoms with E-state index in [1.807, 2.05) is 0 Å². The van der Waals surface area contributed by atoms with Gasteiger partial charge >= 0.3 is 25.7 Å². The lowest BCUT2D eigenvalue weighted by Crippen LogP contribution is -2.30. The molecule has 11 nitrogen and oxygen atoms in total. The molecular weight excluding hydrogens is 904 g/mol. The molecule has 0 aliphatic carbocycles. The highest BCUT2D eigenvalue weighted by Crippen LogP contribution is 2.43. The Kier molecular flexibility index (Phi) is 50.0. The summed E-state index contributed by atoms with van der Waals surface area (Å²) in [5, 5.41) is 9.80. The topological polar surface area (TPSA) is 155 Å². The minimum atomic E-state index is -4.76. The zero-order valence-electron chi connectivity index (χ0n) is 44.5. The Hall–Kier alpha value is -3.08. The van der Waals surface area contributed by atoms with Crippen LogP contribution in [0.1, 0.15) is 239 Å². The van der Waals surface area contributed by atoms with Gasteiger partial charge in [0.15, 0.2) is 6.10 Å². The van der Waals surface area contributed by atoms with Crippen LogP contribution in [0, 0.1) is 0 Å². The van der Waals surface area contributed by atoms with Crippen LogP contribution in [0.25, 0.3) is 0 Å². The van der Waals surface area contributed by atoms with Crippen molar-refractivity contribution in [1.82, 2.24) is 0 Å². The summed E-state index contributed by atoms with van der Waals surface area (Å²) in [6.07, 6.45) is 57.1. The van der Waals surface area contributed by atoms with Gasteiger partial charge in [0, 0.05) is 19.3 Å². The minimum absolute atomic E-state index is 0.144. The molecule has 0 rings (SSSR count). The van der Waals surface area contributed by atoms with Crippen molar-refractivity contribution in [3.8, 4) is 0 Å². The molecule has 0 radical (unpaired) electrons. The highest BCUT2D eigenvalue weighted by Gasteiger charge is 2.28. The number of ether oxygens (including phenoxy) is 3. The van der Waals surface area contributed by atoms with Crippen molar-refractivity contribution in [1.29, 1.82) is 0 Å². The molecule has 0 aromatic carbocycles. The molecule has 12 heteroatoms. The molecular formula is C58H101O11P. The fourth-order valence-electron chi connectivity index (χ4n) is 7.34. The van der Waals surface area contributed by atoms with Gasteiger partial charge in [0.2, 0.25) is 0 Å². The Morgan fingerprint density at radius 1 is 0.414 bits per heavy atom. The Bertz CT molecular complexity index is 1450. The molecule has 0 bridgehead atoms. The number of aliphatic hydroxyl groups is 1. The van der Waals surface area contributed by atoms with E-state index in [0.29, 0.717) is 19.3 Å². The van der Waals surface area contributed by atoms with E-state index in [2.05, 4.69) is 93.7 Å². The smallest absolute Gasteiger partial charge is 0.462 e. The van der Waals surface area contributed by atoms with Crippen molar-refractivity contribution in [3.05, 3.63) is 72.9 Å². The average Bonchev–Trinajstić information content (AvgIpc) is 3.35. The van der Waals surface area contributed by atoms with E-state index in [1.165, 1.54) is 44.9 Å². The molecule has 0 aliphatic heterocycles. The average molecular weight is 1010 g/mol. The Labute approximate surface area is 427 Å². The molecule has 0 aromatic rings. The Morgan fingerprint density at radius 3 is 1.19 bits per heavy atom. The number of carbonyl (C=O) groups is 3. The highest BCUT2D eigenvalue weighted by atomic mass is 31.2. The third kappa shape index (κ3) is 49.9. The van der Waals surface area contributed by atoms with Crippen LogP contribution < -0.4 is 0 Å². The standard InChI is InChI=1S/C58H101O11P/c1-4-7-10-13-16-19-22-25-27-30-33-36-39-42-45-48-57(61)68-54(50-59)52-66-70(63,64)67-53-55(51-65-56(60)47-44-41-38-35-32-29-24-21-18-15-12-9-6-3)69-58(62)49-46-43-40-37-34-31-28-26-23-20-17-14-11-8-5-2/h8,11,16-17,19-21,24-28,54-55,59H,4-7,9-10,12-15,18,22-23,29-53H2,1-3H3,(H,63,64)/b11-8-,19-16-,20-17-,24-21-,27-25-,28-26-. The number of rotatable bonds is 51. The zero-order chi connectivity index (χ0) is 51.3. The van der Waals surface area contributed by atoms with Crippen molar-refractivity contribution in [2.45, 2.75) is 251 Å². The van der Waals surface area contributed by atoms with Crippen LogP contribution in [0.4, 0.5) is 0 Å². The molecule has 0 spiro atoms. The van der Waals surface area contributed by atoms with Gasteiger partial charge in [0.25, 0.3) is 0 Å². The fraction of sp³-hybridized carbons (Fsp3) is 0.741. The molecule has 0 amide bonds. The van der Waals surface area contributed by atoms with E-state index in [-0.39, 0.29) is 25.9 Å². The summed E-state index contributed by atoms with van der Waals surface area (Å²) in [5.41, 5.74) is 0. The maximum atomic E-state index is 12.9. The van der Waals surface area contributed by atoms with Crippen LogP contribution in [0.3, 0.4) is 0 Å². The van der Waals surface area contributed by atoms with E-state index in [1.54, 1.807) is 0 Å². The SMILES string of the molecule is CC/C=C\C/C=C\C/C=C\CCCCCCCC(=O)OC(COC(=O)CCCCCCC/C=C\CCCCCC)COP(=O)(O)OCC(CO)OC(=O)CCCCCCC/C=C\C/C=C\CCCCC. The van der Waals surface area contributed by atoms with Crippen molar-refractivity contribution >= 4 is 25.7 Å². The second-order valence-corrected chi connectivity index (χ2v) is 19.8. The maximum Gasteiger partial charge on any atom is 0.472 e. The van der Waals surface area contributed by atoms with Crippen molar-refractivity contribution < 1.29 is 52.2 Å². The van der Waals surface area contributed by atoms with Crippen molar-refractivity contribution in [2.24, 2.45) is 0 Å². The fourth-order valence-corrected chi connectivity index (χ4v) is 8.12. The van der Waals surface area contributed by atoms with Gasteiger partial charge in [-0.2, -0.15) is 0 Å². The second kappa shape index (κ2) is 52.2. The summed E-state index contributed by atoms with van der Waals surface area (Å²) >= 11 is 0. The maximum absolute atomic E-state index is 12.9. The first kappa shape index (κ1) is 66.9. The third-order valence-electron chi connectivity index (χ3n) is 11.6. The molecule has 0 aromatic heterocycles. The molecule has 0 aliphatic rings. The summed E-state index contributed by atoms with van der Waals surface area (Å²) in [6.45, 7) is 4.44. The van der Waals surface area contributed by atoms with Gasteiger partial charge in [0.1, 0.15) is 12.7 Å². The number of phosphoric acid groups is 1. The van der Waals surface area contributed by atoms with Crippen LogP contribution >= 0.6 is 7.82 Å². The van der Waals surface area contributed by atoms with Crippen molar-refractivity contribution in [2.75, 3.05) is 26.4 Å². The third-order valence-corrected chi connectivity index (χ3v) is 12.5. The van der Waals surface area contributed by atoms with Gasteiger partial charge in [-0.15, -0.1) is 0 Å². The molecule has 0 fully saturated rings. The second-order valence-electron chi connectivity index (χ2n) is 18.4. The molecule has 70 heavy (non-hydrogen) atoms. The monoisotopic (exact) mass is 1000 g/mol. The van der Waals surface area contributed by atoms with Gasteiger partial charge < -0.3 is 24.2 Å². The van der Waals surface area contributed by atoms with Gasteiger partial charge in [-0.3, -0.25) is 23.4 Å². The summed E-state index contributed by atoms with van der Waals surface area (Å²) in [5.74, 6) is -1.51. The van der Waals surface area contributed by atoms with Crippen molar-refractivity contribution in [3.63, 3.8) is 0 Å². The predicted octanol–water partition coefficient (Wildman–Crippen LogP) is 16.1.